The van der Waals surface area contributed by atoms with Crippen molar-refractivity contribution in [1.82, 2.24) is 4.98 Å². The molecule has 2 unspecified atom stereocenters. The molecule has 2 heterocycles. The van der Waals surface area contributed by atoms with Gasteiger partial charge >= 0.3 is 6.18 Å². The monoisotopic (exact) mass is 378 g/mol. The van der Waals surface area contributed by atoms with Crippen LogP contribution in [0, 0.1) is 5.92 Å². The van der Waals surface area contributed by atoms with Gasteiger partial charge in [-0.25, -0.2) is 0 Å². The van der Waals surface area contributed by atoms with E-state index in [1.54, 1.807) is 0 Å². The van der Waals surface area contributed by atoms with Gasteiger partial charge in [-0.15, -0.1) is 0 Å². The normalized spacial score (nSPS) is 18.7. The molecule has 0 amide bonds. The minimum absolute atomic E-state index is 0.603. The van der Waals surface area contributed by atoms with Gasteiger partial charge in [-0.1, -0.05) is 37.3 Å². The first-order valence-corrected chi connectivity index (χ1v) is 9.86. The average molecular weight is 378 g/mol. The number of thioether (sulfide) groups is 1. The zero-order valence-electron chi connectivity index (χ0n) is 14.8. The van der Waals surface area contributed by atoms with Crippen molar-refractivity contribution in [3.63, 3.8) is 0 Å². The highest BCUT2D eigenvalue weighted by Gasteiger charge is 2.32. The summed E-state index contributed by atoms with van der Waals surface area (Å²) in [7, 11) is 0. The van der Waals surface area contributed by atoms with Gasteiger partial charge in [0.2, 0.25) is 0 Å². The summed E-state index contributed by atoms with van der Waals surface area (Å²) in [4.78, 5) is 8.21. The SMILES string of the molecule is CSC(C)CC1CN=C(c2ccc(-c3ccc(C(F)(F)F)nc3)cc2)C1. The van der Waals surface area contributed by atoms with Gasteiger partial charge in [0.25, 0.3) is 0 Å². The van der Waals surface area contributed by atoms with E-state index >= 15 is 0 Å². The molecule has 0 saturated heterocycles. The van der Waals surface area contributed by atoms with Crippen molar-refractivity contribution >= 4 is 17.5 Å². The van der Waals surface area contributed by atoms with E-state index in [-0.39, 0.29) is 0 Å². The van der Waals surface area contributed by atoms with Gasteiger partial charge in [0, 0.05) is 29.3 Å². The van der Waals surface area contributed by atoms with E-state index in [0.29, 0.717) is 16.7 Å². The number of benzene rings is 1. The van der Waals surface area contributed by atoms with Crippen molar-refractivity contribution in [3.8, 4) is 11.1 Å². The van der Waals surface area contributed by atoms with Crippen LogP contribution in [0.1, 0.15) is 31.0 Å². The van der Waals surface area contributed by atoms with Crippen molar-refractivity contribution in [2.75, 3.05) is 12.8 Å². The highest BCUT2D eigenvalue weighted by molar-refractivity contribution is 7.99. The van der Waals surface area contributed by atoms with Crippen LogP contribution in [-0.2, 0) is 6.18 Å². The van der Waals surface area contributed by atoms with Crippen molar-refractivity contribution in [1.29, 1.82) is 0 Å². The second-order valence-electron chi connectivity index (χ2n) is 6.65. The molecule has 0 bridgehead atoms. The fourth-order valence-electron chi connectivity index (χ4n) is 3.16. The molecule has 0 N–H and O–H groups in total. The summed E-state index contributed by atoms with van der Waals surface area (Å²) in [5.74, 6) is 0.603. The van der Waals surface area contributed by atoms with Crippen LogP contribution in [0.25, 0.3) is 11.1 Å². The van der Waals surface area contributed by atoms with Crippen LogP contribution in [0.15, 0.2) is 47.6 Å². The minimum Gasteiger partial charge on any atom is -0.289 e. The first-order valence-electron chi connectivity index (χ1n) is 8.57. The third-order valence-electron chi connectivity index (χ3n) is 4.70. The van der Waals surface area contributed by atoms with E-state index < -0.39 is 11.9 Å². The predicted octanol–water partition coefficient (Wildman–Crippen LogP) is 5.72. The number of pyridine rings is 1. The van der Waals surface area contributed by atoms with Gasteiger partial charge in [-0.3, -0.25) is 9.98 Å². The number of rotatable bonds is 5. The molecule has 0 aliphatic carbocycles. The molecule has 6 heteroatoms. The lowest BCUT2D eigenvalue weighted by molar-refractivity contribution is -0.141. The number of nitrogens with zero attached hydrogens (tertiary/aromatic N) is 2. The van der Waals surface area contributed by atoms with Crippen molar-refractivity contribution in [2.24, 2.45) is 10.9 Å². The second-order valence-corrected chi connectivity index (χ2v) is 7.92. The van der Waals surface area contributed by atoms with Gasteiger partial charge in [0.05, 0.1) is 0 Å². The zero-order valence-corrected chi connectivity index (χ0v) is 15.6. The number of hydrogen-bond acceptors (Lipinski definition) is 3. The second kappa shape index (κ2) is 7.82. The summed E-state index contributed by atoms with van der Waals surface area (Å²) in [5.41, 5.74) is 2.86. The topological polar surface area (TPSA) is 25.2 Å². The molecule has 2 nitrogen and oxygen atoms in total. The largest absolute Gasteiger partial charge is 0.433 e. The first kappa shape index (κ1) is 19.0. The number of alkyl halides is 3. The molecule has 0 saturated carbocycles. The minimum atomic E-state index is -4.41. The Morgan fingerprint density at radius 3 is 2.31 bits per heavy atom. The van der Waals surface area contributed by atoms with Crippen molar-refractivity contribution < 1.29 is 13.2 Å². The number of aromatic nitrogens is 1. The van der Waals surface area contributed by atoms with Crippen molar-refractivity contribution in [2.45, 2.75) is 31.2 Å². The van der Waals surface area contributed by atoms with Gasteiger partial charge in [0.1, 0.15) is 5.69 Å². The Kier molecular flexibility index (Phi) is 5.70. The molecular weight excluding hydrogens is 357 g/mol. The Morgan fingerprint density at radius 2 is 1.73 bits per heavy atom. The van der Waals surface area contributed by atoms with Gasteiger partial charge in [-0.05, 0) is 42.2 Å². The third-order valence-corrected chi connectivity index (χ3v) is 5.69. The lowest BCUT2D eigenvalue weighted by Gasteiger charge is -2.13. The maximum Gasteiger partial charge on any atom is 0.433 e. The first-order chi connectivity index (χ1) is 12.4. The van der Waals surface area contributed by atoms with Crippen LogP contribution in [0.3, 0.4) is 0 Å². The van der Waals surface area contributed by atoms with Crippen LogP contribution < -0.4 is 0 Å². The van der Waals surface area contributed by atoms with Gasteiger partial charge in [-0.2, -0.15) is 24.9 Å². The molecule has 0 fully saturated rings. The molecule has 1 aromatic heterocycles. The summed E-state index contributed by atoms with van der Waals surface area (Å²) in [6.07, 6.45) is 1.16. The van der Waals surface area contributed by atoms with E-state index in [1.807, 2.05) is 36.0 Å². The van der Waals surface area contributed by atoms with Crippen LogP contribution in [-0.4, -0.2) is 28.7 Å². The van der Waals surface area contributed by atoms with Gasteiger partial charge in [0.15, 0.2) is 0 Å². The lowest BCUT2D eigenvalue weighted by atomic mass is 9.96. The molecule has 0 spiro atoms. The van der Waals surface area contributed by atoms with E-state index in [0.717, 1.165) is 35.9 Å². The maximum atomic E-state index is 12.6. The molecule has 138 valence electrons. The molecule has 2 atom stereocenters. The standard InChI is InChI=1S/C20H21F3N2S/c1-13(26-2)9-14-10-18(24-11-14)16-5-3-15(4-6-16)17-7-8-19(25-12-17)20(21,22)23/h3-8,12-14H,9-11H2,1-2H3. The summed E-state index contributed by atoms with van der Waals surface area (Å²) >= 11 is 1.88. The fourth-order valence-corrected chi connectivity index (χ4v) is 3.63. The Hall–Kier alpha value is -1.82. The Labute approximate surface area is 156 Å². The van der Waals surface area contributed by atoms with Crippen LogP contribution in [0.4, 0.5) is 13.2 Å². The molecular formula is C20H21F3N2S. The van der Waals surface area contributed by atoms with Gasteiger partial charge < -0.3 is 0 Å². The Balaban J connectivity index is 1.68. The summed E-state index contributed by atoms with van der Waals surface area (Å²) < 4.78 is 37.8. The maximum absolute atomic E-state index is 12.6. The molecule has 1 aliphatic heterocycles. The molecule has 1 aromatic carbocycles. The lowest BCUT2D eigenvalue weighted by Crippen LogP contribution is -2.09. The summed E-state index contributed by atoms with van der Waals surface area (Å²) in [6.45, 7) is 3.13. The van der Waals surface area contributed by atoms with Crippen molar-refractivity contribution in [3.05, 3.63) is 53.9 Å². The molecule has 3 rings (SSSR count). The van der Waals surface area contributed by atoms with E-state index in [2.05, 4.69) is 23.2 Å². The average Bonchev–Trinajstić information content (AvgIpc) is 3.09. The Morgan fingerprint density at radius 1 is 1.08 bits per heavy atom. The summed E-state index contributed by atoms with van der Waals surface area (Å²) in [6, 6.07) is 10.3. The molecule has 1 aliphatic rings. The predicted molar refractivity (Wildman–Crippen MR) is 102 cm³/mol. The zero-order chi connectivity index (χ0) is 18.7. The number of hydrogen-bond donors (Lipinski definition) is 0. The highest BCUT2D eigenvalue weighted by atomic mass is 32.2. The fraction of sp³-hybridized carbons (Fsp3) is 0.400. The smallest absolute Gasteiger partial charge is 0.289 e. The highest BCUT2D eigenvalue weighted by Crippen LogP contribution is 2.30. The molecule has 0 radical (unpaired) electrons. The number of halogens is 3. The number of aliphatic imine (C=N–C) groups is 1. The van der Waals surface area contributed by atoms with E-state index in [9.17, 15) is 13.2 Å². The third kappa shape index (κ3) is 4.47. The van der Waals surface area contributed by atoms with E-state index in [1.165, 1.54) is 18.7 Å². The van der Waals surface area contributed by atoms with Crippen LogP contribution in [0.5, 0.6) is 0 Å². The van der Waals surface area contributed by atoms with Crippen LogP contribution >= 0.6 is 11.8 Å². The summed E-state index contributed by atoms with van der Waals surface area (Å²) in [5, 5.41) is 0.643. The van der Waals surface area contributed by atoms with Crippen LogP contribution in [0.2, 0.25) is 0 Å². The quantitative estimate of drug-likeness (QED) is 0.665. The molecule has 2 aromatic rings. The molecule has 26 heavy (non-hydrogen) atoms. The van der Waals surface area contributed by atoms with E-state index in [4.69, 9.17) is 0 Å². The Bertz CT molecular complexity index is 767.